The van der Waals surface area contributed by atoms with Gasteiger partial charge in [-0.1, -0.05) is 18.6 Å². The fourth-order valence-electron chi connectivity index (χ4n) is 4.86. The number of carbonyl (C=O) groups is 2. The lowest BCUT2D eigenvalue weighted by Crippen LogP contribution is -2.23. The molecule has 2 aromatic rings. The van der Waals surface area contributed by atoms with Crippen molar-refractivity contribution in [1.29, 1.82) is 0 Å². The Morgan fingerprint density at radius 2 is 1.84 bits per heavy atom. The number of aromatic amines is 1. The van der Waals surface area contributed by atoms with Crippen LogP contribution in [0.3, 0.4) is 0 Å². The summed E-state index contributed by atoms with van der Waals surface area (Å²) in [4.78, 5) is 31.7. The van der Waals surface area contributed by atoms with Crippen LogP contribution in [0.5, 0.6) is 0 Å². The van der Waals surface area contributed by atoms with E-state index in [1.165, 1.54) is 0 Å². The monoisotopic (exact) mass is 458 g/mol. The number of nitrogens with zero attached hydrogens (tertiary/aromatic N) is 1. The number of Topliss-reactive ketones (excluding diaryl/α,β-unsaturated/α-hetero) is 2. The number of aromatic nitrogens is 2. The normalized spacial score (nSPS) is 22.7. The molecule has 1 aromatic heterocycles. The molecule has 1 N–H and O–H groups in total. The minimum absolute atomic E-state index is 0.0647. The molecule has 0 radical (unpaired) electrons. The highest BCUT2D eigenvalue weighted by Gasteiger charge is 2.37. The summed E-state index contributed by atoms with van der Waals surface area (Å²) in [5.41, 5.74) is 0.737. The second-order valence-electron chi connectivity index (χ2n) is 9.53. The maximum Gasteiger partial charge on any atom is 0.242 e. The largest absolute Gasteiger partial charge is 0.336 e. The molecule has 3 aliphatic carbocycles. The first-order valence-corrected chi connectivity index (χ1v) is 13.0. The van der Waals surface area contributed by atoms with Crippen LogP contribution in [0.4, 0.5) is 4.39 Å². The first kappa shape index (κ1) is 21.5. The van der Waals surface area contributed by atoms with E-state index in [4.69, 9.17) is 0 Å². The van der Waals surface area contributed by atoms with Gasteiger partial charge in [-0.25, -0.2) is 13.4 Å². The van der Waals surface area contributed by atoms with Gasteiger partial charge in [-0.3, -0.25) is 9.59 Å². The Hall–Kier alpha value is -2.35. The van der Waals surface area contributed by atoms with E-state index in [0.717, 1.165) is 31.2 Å². The van der Waals surface area contributed by atoms with Gasteiger partial charge in [0.15, 0.2) is 15.6 Å². The van der Waals surface area contributed by atoms with Gasteiger partial charge < -0.3 is 4.98 Å². The first-order valence-electron chi connectivity index (χ1n) is 11.5. The van der Waals surface area contributed by atoms with Gasteiger partial charge in [0, 0.05) is 24.7 Å². The van der Waals surface area contributed by atoms with Gasteiger partial charge in [-0.05, 0) is 62.1 Å². The number of imidazole rings is 1. The van der Waals surface area contributed by atoms with E-state index in [0.29, 0.717) is 42.8 Å². The van der Waals surface area contributed by atoms with Gasteiger partial charge in [-0.15, -0.1) is 0 Å². The van der Waals surface area contributed by atoms with Crippen molar-refractivity contribution in [3.8, 4) is 0 Å². The van der Waals surface area contributed by atoms with Gasteiger partial charge >= 0.3 is 0 Å². The highest BCUT2D eigenvalue weighted by atomic mass is 32.2. The summed E-state index contributed by atoms with van der Waals surface area (Å²) >= 11 is 0. The quantitative estimate of drug-likeness (QED) is 0.593. The van der Waals surface area contributed by atoms with Gasteiger partial charge in [0.25, 0.3) is 0 Å². The maximum atomic E-state index is 14.7. The smallest absolute Gasteiger partial charge is 0.242 e. The highest BCUT2D eigenvalue weighted by molar-refractivity contribution is 7.92. The van der Waals surface area contributed by atoms with Crippen molar-refractivity contribution in [3.05, 3.63) is 47.3 Å². The van der Waals surface area contributed by atoms with Crippen molar-refractivity contribution in [3.63, 3.8) is 0 Å². The average Bonchev–Trinajstić information content (AvgIpc) is 3.41. The molecule has 3 saturated carbocycles. The molecule has 0 bridgehead atoms. The van der Waals surface area contributed by atoms with Crippen LogP contribution in [0.2, 0.25) is 0 Å². The van der Waals surface area contributed by atoms with Crippen molar-refractivity contribution in [2.24, 2.45) is 11.8 Å². The summed E-state index contributed by atoms with van der Waals surface area (Å²) in [6.07, 6.45) is 6.33. The number of carbonyl (C=O) groups excluding carboxylic acids is 2. The number of benzene rings is 1. The molecule has 170 valence electrons. The molecule has 0 spiro atoms. The summed E-state index contributed by atoms with van der Waals surface area (Å²) in [5, 5.41) is -0.284. The molecule has 32 heavy (non-hydrogen) atoms. The van der Waals surface area contributed by atoms with Crippen molar-refractivity contribution in [2.45, 2.75) is 73.9 Å². The molecular weight excluding hydrogens is 431 g/mol. The first-order chi connectivity index (χ1) is 15.3. The van der Waals surface area contributed by atoms with Crippen LogP contribution in [0.1, 0.15) is 85.6 Å². The zero-order valence-electron chi connectivity index (χ0n) is 17.8. The topological polar surface area (TPSA) is 97.0 Å². The molecule has 5 rings (SSSR count). The third-order valence-corrected chi connectivity index (χ3v) is 9.50. The zero-order valence-corrected chi connectivity index (χ0v) is 18.7. The highest BCUT2D eigenvalue weighted by Crippen LogP contribution is 2.38. The molecular formula is C24H27FN2O4S. The van der Waals surface area contributed by atoms with E-state index in [1.54, 1.807) is 24.3 Å². The summed E-state index contributed by atoms with van der Waals surface area (Å²) in [7, 11) is -3.30. The number of hydrogen-bond acceptors (Lipinski definition) is 5. The van der Waals surface area contributed by atoms with Crippen LogP contribution in [-0.2, 0) is 14.6 Å². The second-order valence-corrected chi connectivity index (χ2v) is 11.8. The molecule has 3 fully saturated rings. The molecule has 3 aliphatic rings. The summed E-state index contributed by atoms with van der Waals surface area (Å²) in [6, 6.07) is 6.72. The van der Waals surface area contributed by atoms with Crippen LogP contribution >= 0.6 is 0 Å². The molecule has 1 heterocycles. The number of rotatable bonds is 8. The van der Waals surface area contributed by atoms with E-state index in [1.807, 2.05) is 0 Å². The van der Waals surface area contributed by atoms with Crippen molar-refractivity contribution in [1.82, 2.24) is 9.97 Å². The standard InChI is InChI=1S/C24H27FN2O4S/c25-23-21(22(29)16-2-1-3-16)26-24(27-23)20(13-14-4-7-17(28)12-14)15-5-8-18(9-6-15)32(30,31)19-10-11-19/h5-6,8-9,14,16,19-20H,1-4,7,10-13H2,(H,26,27). The van der Waals surface area contributed by atoms with Gasteiger partial charge in [0.2, 0.25) is 5.95 Å². The van der Waals surface area contributed by atoms with Crippen LogP contribution in [0.25, 0.3) is 0 Å². The predicted molar refractivity (Wildman–Crippen MR) is 116 cm³/mol. The van der Waals surface area contributed by atoms with E-state index < -0.39 is 15.8 Å². The lowest BCUT2D eigenvalue weighted by Gasteiger charge is -2.23. The number of halogens is 1. The molecule has 2 unspecified atom stereocenters. The fraction of sp³-hybridized carbons (Fsp3) is 0.542. The van der Waals surface area contributed by atoms with Crippen LogP contribution in [0, 0.1) is 17.8 Å². The van der Waals surface area contributed by atoms with Gasteiger partial charge in [-0.2, -0.15) is 4.39 Å². The maximum absolute atomic E-state index is 14.7. The lowest BCUT2D eigenvalue weighted by atomic mass is 9.81. The third-order valence-electron chi connectivity index (χ3n) is 7.22. The average molecular weight is 459 g/mol. The Bertz CT molecular complexity index is 1150. The number of hydrogen-bond donors (Lipinski definition) is 1. The van der Waals surface area contributed by atoms with Crippen LogP contribution in [-0.4, -0.2) is 35.2 Å². The second kappa shape index (κ2) is 8.21. The Balaban J connectivity index is 1.45. The van der Waals surface area contributed by atoms with Gasteiger partial charge in [0.1, 0.15) is 17.3 Å². The van der Waals surface area contributed by atoms with Crippen molar-refractivity contribution < 1.29 is 22.4 Å². The van der Waals surface area contributed by atoms with E-state index in [-0.39, 0.29) is 40.3 Å². The lowest BCUT2D eigenvalue weighted by molar-refractivity contribution is -0.117. The van der Waals surface area contributed by atoms with E-state index >= 15 is 0 Å². The molecule has 8 heteroatoms. The van der Waals surface area contributed by atoms with E-state index in [2.05, 4.69) is 9.97 Å². The molecule has 1 aromatic carbocycles. The summed E-state index contributed by atoms with van der Waals surface area (Å²) < 4.78 is 39.7. The van der Waals surface area contributed by atoms with Crippen molar-refractivity contribution in [2.75, 3.05) is 0 Å². The number of H-pyrrole nitrogens is 1. The SMILES string of the molecule is O=C1CCC(CC(c2ccc(S(=O)(=O)C3CC3)cc2)c2nc(F)c(C(=O)C3CCC3)[nH]2)C1. The number of sulfone groups is 1. The van der Waals surface area contributed by atoms with Gasteiger partial charge in [0.05, 0.1) is 10.1 Å². The molecule has 0 aliphatic heterocycles. The van der Waals surface area contributed by atoms with Crippen LogP contribution in [0.15, 0.2) is 29.2 Å². The third kappa shape index (κ3) is 4.05. The molecule has 0 saturated heterocycles. The minimum Gasteiger partial charge on any atom is -0.336 e. The summed E-state index contributed by atoms with van der Waals surface area (Å²) in [6.45, 7) is 0. The Kier molecular flexibility index (Phi) is 5.51. The predicted octanol–water partition coefficient (Wildman–Crippen LogP) is 4.36. The zero-order chi connectivity index (χ0) is 22.5. The summed E-state index contributed by atoms with van der Waals surface area (Å²) in [5.74, 6) is -0.753. The molecule has 6 nitrogen and oxygen atoms in total. The number of nitrogens with one attached hydrogen (secondary N) is 1. The van der Waals surface area contributed by atoms with Crippen molar-refractivity contribution >= 4 is 21.4 Å². The number of ketones is 2. The Morgan fingerprint density at radius 1 is 1.12 bits per heavy atom. The molecule has 0 amide bonds. The fourth-order valence-corrected chi connectivity index (χ4v) is 6.52. The minimum atomic E-state index is -3.30. The Labute approximate surface area is 186 Å². The van der Waals surface area contributed by atoms with Crippen LogP contribution < -0.4 is 0 Å². The van der Waals surface area contributed by atoms with E-state index in [9.17, 15) is 22.4 Å². The Morgan fingerprint density at radius 3 is 2.41 bits per heavy atom. The molecule has 2 atom stereocenters.